The van der Waals surface area contributed by atoms with Gasteiger partial charge in [-0.05, 0) is 0 Å². The second-order valence-electron chi connectivity index (χ2n) is 7.43. The molecule has 0 radical (unpaired) electrons. The van der Waals surface area contributed by atoms with Gasteiger partial charge < -0.3 is 40.0 Å². The summed E-state index contributed by atoms with van der Waals surface area (Å²) in [4.78, 5) is 39.6. The molecule has 2 rings (SSSR count). The lowest BCUT2D eigenvalue weighted by molar-refractivity contribution is 0.215. The van der Waals surface area contributed by atoms with Gasteiger partial charge in [0.15, 0.2) is 0 Å². The molecule has 0 bridgehead atoms. The predicted octanol–water partition coefficient (Wildman–Crippen LogP) is 0.614. The van der Waals surface area contributed by atoms with Crippen LogP contribution in [0.15, 0.2) is 36.4 Å². The standard InChI is InChI=1S/C19H28N2O10P2/c22-11-16-5-1-3-14(18(16)24)9-20(13-32(26,27)28)7-8-21(33(29,30)31)10-15-4-2-6-17(12-23)19(15)25/h1-6,22-25H,7-13H2,(H2,26,27,28)(H2,29,30,31). The Hall–Kier alpha value is -1.82. The van der Waals surface area contributed by atoms with Crippen LogP contribution in [-0.4, -0.2) is 68.9 Å². The zero-order chi connectivity index (χ0) is 24.8. The fourth-order valence-electron chi connectivity index (χ4n) is 3.26. The van der Waals surface area contributed by atoms with Gasteiger partial charge in [0.1, 0.15) is 17.8 Å². The third-order valence-electron chi connectivity index (χ3n) is 4.92. The van der Waals surface area contributed by atoms with E-state index in [0.717, 1.165) is 4.67 Å². The highest BCUT2D eigenvalue weighted by Crippen LogP contribution is 2.42. The topological polar surface area (TPSA) is 202 Å². The van der Waals surface area contributed by atoms with Crippen molar-refractivity contribution in [3.8, 4) is 11.5 Å². The third-order valence-corrected chi connectivity index (χ3v) is 6.77. The predicted molar refractivity (Wildman–Crippen MR) is 118 cm³/mol. The van der Waals surface area contributed by atoms with Crippen molar-refractivity contribution in [2.24, 2.45) is 0 Å². The van der Waals surface area contributed by atoms with Crippen molar-refractivity contribution >= 4 is 15.3 Å². The zero-order valence-electron chi connectivity index (χ0n) is 17.6. The summed E-state index contributed by atoms with van der Waals surface area (Å²) in [5.74, 6) is -0.551. The van der Waals surface area contributed by atoms with Crippen LogP contribution in [0, 0.1) is 0 Å². The lowest BCUT2D eigenvalue weighted by Gasteiger charge is -2.28. The molecule has 0 heterocycles. The van der Waals surface area contributed by atoms with Crippen molar-refractivity contribution in [3.05, 3.63) is 58.7 Å². The molecule has 8 N–H and O–H groups in total. The molecule has 0 saturated carbocycles. The number of nitrogens with zero attached hydrogens (tertiary/aromatic N) is 2. The lowest BCUT2D eigenvalue weighted by atomic mass is 10.1. The van der Waals surface area contributed by atoms with Crippen LogP contribution in [0.3, 0.4) is 0 Å². The average Bonchev–Trinajstić information content (AvgIpc) is 2.71. The van der Waals surface area contributed by atoms with E-state index in [0.29, 0.717) is 0 Å². The molecule has 0 spiro atoms. The number of aliphatic hydroxyl groups is 2. The summed E-state index contributed by atoms with van der Waals surface area (Å²) in [6.07, 6.45) is -0.740. The van der Waals surface area contributed by atoms with Crippen molar-refractivity contribution in [2.75, 3.05) is 19.4 Å². The van der Waals surface area contributed by atoms with Crippen molar-refractivity contribution in [1.29, 1.82) is 0 Å². The molecular formula is C19H28N2O10P2. The maximum absolute atomic E-state index is 12.0. The number of aromatic hydroxyl groups is 2. The maximum Gasteiger partial charge on any atom is 0.403 e. The van der Waals surface area contributed by atoms with Crippen molar-refractivity contribution < 1.29 is 49.1 Å². The Labute approximate surface area is 190 Å². The van der Waals surface area contributed by atoms with Crippen molar-refractivity contribution in [1.82, 2.24) is 9.57 Å². The monoisotopic (exact) mass is 506 g/mol. The first kappa shape index (κ1) is 27.4. The normalized spacial score (nSPS) is 12.6. The average molecular weight is 506 g/mol. The van der Waals surface area contributed by atoms with Gasteiger partial charge >= 0.3 is 15.3 Å². The van der Waals surface area contributed by atoms with Crippen LogP contribution in [-0.2, 0) is 35.4 Å². The largest absolute Gasteiger partial charge is 0.507 e. The number of aliphatic hydroxyl groups excluding tert-OH is 2. The highest BCUT2D eigenvalue weighted by molar-refractivity contribution is 7.51. The fourth-order valence-corrected chi connectivity index (χ4v) is 4.70. The SMILES string of the molecule is O=P(O)(O)CN(CCN(Cc1cccc(CO)c1O)P(=O)(O)O)Cc1cccc(CO)c1O. The molecule has 0 aliphatic carbocycles. The Morgan fingerprint density at radius 1 is 0.697 bits per heavy atom. The van der Waals surface area contributed by atoms with Crippen LogP contribution in [0.5, 0.6) is 11.5 Å². The molecule has 0 amide bonds. The Bertz CT molecular complexity index is 1040. The Morgan fingerprint density at radius 3 is 1.58 bits per heavy atom. The molecule has 0 unspecified atom stereocenters. The summed E-state index contributed by atoms with van der Waals surface area (Å²) in [5, 5.41) is 39.0. The Kier molecular flexibility index (Phi) is 9.59. The molecule has 0 fully saturated rings. The van der Waals surface area contributed by atoms with Crippen LogP contribution < -0.4 is 0 Å². The maximum atomic E-state index is 12.0. The minimum absolute atomic E-state index is 0.153. The van der Waals surface area contributed by atoms with Gasteiger partial charge in [0.25, 0.3) is 0 Å². The number of para-hydroxylation sites is 2. The summed E-state index contributed by atoms with van der Waals surface area (Å²) in [5.41, 5.74) is 0.825. The van der Waals surface area contributed by atoms with Gasteiger partial charge in [-0.3, -0.25) is 9.46 Å². The number of benzene rings is 2. The molecule has 0 aliphatic rings. The van der Waals surface area contributed by atoms with Gasteiger partial charge in [-0.1, -0.05) is 36.4 Å². The van der Waals surface area contributed by atoms with Gasteiger partial charge in [0.2, 0.25) is 0 Å². The molecule has 0 atom stereocenters. The van der Waals surface area contributed by atoms with Crippen LogP contribution >= 0.6 is 15.3 Å². The fraction of sp³-hybridized carbons (Fsp3) is 0.368. The van der Waals surface area contributed by atoms with E-state index in [1.54, 1.807) is 6.07 Å². The van der Waals surface area contributed by atoms with Gasteiger partial charge in [-0.25, -0.2) is 9.24 Å². The highest BCUT2D eigenvalue weighted by atomic mass is 31.2. The molecule has 12 nitrogen and oxygen atoms in total. The van der Waals surface area contributed by atoms with E-state index in [2.05, 4.69) is 0 Å². The minimum Gasteiger partial charge on any atom is -0.507 e. The summed E-state index contributed by atoms with van der Waals surface area (Å²) in [6.45, 7) is -2.01. The first-order chi connectivity index (χ1) is 15.4. The summed E-state index contributed by atoms with van der Waals surface area (Å²) in [6, 6.07) is 8.93. The van der Waals surface area contributed by atoms with Crippen LogP contribution in [0.1, 0.15) is 22.3 Å². The van der Waals surface area contributed by atoms with Gasteiger partial charge in [-0.15, -0.1) is 0 Å². The second-order valence-corrected chi connectivity index (χ2v) is 10.6. The summed E-state index contributed by atoms with van der Waals surface area (Å²) >= 11 is 0. The Morgan fingerprint density at radius 2 is 1.15 bits per heavy atom. The van der Waals surface area contributed by atoms with E-state index in [-0.39, 0.29) is 59.9 Å². The third kappa shape index (κ3) is 8.16. The number of hydrogen-bond acceptors (Lipinski definition) is 7. The van der Waals surface area contributed by atoms with Crippen LogP contribution in [0.4, 0.5) is 0 Å². The van der Waals surface area contributed by atoms with E-state index >= 15 is 0 Å². The summed E-state index contributed by atoms with van der Waals surface area (Å²) < 4.78 is 24.4. The first-order valence-electron chi connectivity index (χ1n) is 9.74. The number of phenols is 2. The lowest BCUT2D eigenvalue weighted by Crippen LogP contribution is -2.34. The molecule has 2 aromatic rings. The molecule has 184 valence electrons. The van der Waals surface area contributed by atoms with Crippen LogP contribution in [0.2, 0.25) is 0 Å². The van der Waals surface area contributed by atoms with Gasteiger partial charge in [0, 0.05) is 48.4 Å². The van der Waals surface area contributed by atoms with Crippen LogP contribution in [0.25, 0.3) is 0 Å². The van der Waals surface area contributed by atoms with Crippen molar-refractivity contribution in [2.45, 2.75) is 26.3 Å². The minimum atomic E-state index is -4.84. The number of rotatable bonds is 12. The quantitative estimate of drug-likeness (QED) is 0.187. The van der Waals surface area contributed by atoms with E-state index in [4.69, 9.17) is 0 Å². The number of hydrogen-bond donors (Lipinski definition) is 8. The first-order valence-corrected chi connectivity index (χ1v) is 13.1. The highest BCUT2D eigenvalue weighted by Gasteiger charge is 2.29. The zero-order valence-corrected chi connectivity index (χ0v) is 19.4. The van der Waals surface area contributed by atoms with E-state index in [1.165, 1.54) is 35.2 Å². The van der Waals surface area contributed by atoms with Crippen molar-refractivity contribution in [3.63, 3.8) is 0 Å². The molecule has 2 aromatic carbocycles. The molecule has 0 aromatic heterocycles. The molecule has 33 heavy (non-hydrogen) atoms. The molecular weight excluding hydrogens is 478 g/mol. The second kappa shape index (κ2) is 11.5. The van der Waals surface area contributed by atoms with E-state index < -0.39 is 34.8 Å². The van der Waals surface area contributed by atoms with E-state index in [1.807, 2.05) is 0 Å². The van der Waals surface area contributed by atoms with E-state index in [9.17, 15) is 49.1 Å². The Balaban J connectivity index is 2.25. The van der Waals surface area contributed by atoms with Gasteiger partial charge in [-0.2, -0.15) is 0 Å². The molecule has 0 saturated heterocycles. The molecule has 0 aliphatic heterocycles. The molecule has 14 heteroatoms. The smallest absolute Gasteiger partial charge is 0.403 e. The summed E-state index contributed by atoms with van der Waals surface area (Å²) in [7, 11) is -9.40. The van der Waals surface area contributed by atoms with Gasteiger partial charge in [0.05, 0.1) is 13.2 Å².